The van der Waals surface area contributed by atoms with Gasteiger partial charge in [-0.3, -0.25) is 19.2 Å². The van der Waals surface area contributed by atoms with Crippen LogP contribution in [0.3, 0.4) is 0 Å². The molecule has 1 atom stereocenters. The summed E-state index contributed by atoms with van der Waals surface area (Å²) in [5.41, 5.74) is 4.72. The van der Waals surface area contributed by atoms with Crippen LogP contribution in [0, 0.1) is 0 Å². The van der Waals surface area contributed by atoms with E-state index in [9.17, 15) is 19.2 Å². The number of benzene rings is 1. The molecule has 262 valence electrons. The number of hydrogen-bond donors (Lipinski definition) is 1. The Morgan fingerprint density at radius 1 is 1.15 bits per heavy atom. The Morgan fingerprint density at radius 2 is 1.85 bits per heavy atom. The highest BCUT2D eigenvalue weighted by atomic mass is 16.5. The first kappa shape index (κ1) is 39.8. The molecule has 12 heteroatoms. The SMILES string of the molecule is CC.CC.CCCCCN1C=Nc2cccc3nc4c(c1c23)Cn1c-4cc(C(C=O)OC(=O)CN(C)C=O)c(COC)c1=O.CCNC. The number of nitrogens with zero attached hydrogens (tertiary/aromatic N) is 5. The number of aromatic nitrogens is 2. The number of pyridine rings is 2. The van der Waals surface area contributed by atoms with Crippen molar-refractivity contribution in [1.82, 2.24) is 19.8 Å². The highest BCUT2D eigenvalue weighted by molar-refractivity contribution is 6.11. The van der Waals surface area contributed by atoms with E-state index in [4.69, 9.17) is 14.5 Å². The number of methoxy groups -OCH3 is 1. The summed E-state index contributed by atoms with van der Waals surface area (Å²) in [5, 5.41) is 3.87. The van der Waals surface area contributed by atoms with Crippen LogP contribution in [0.25, 0.3) is 22.3 Å². The molecule has 1 unspecified atom stereocenters. The van der Waals surface area contributed by atoms with Crippen molar-refractivity contribution in [2.75, 3.05) is 45.7 Å². The molecule has 0 radical (unpaired) electrons. The molecule has 0 aliphatic carbocycles. The molecule has 12 nitrogen and oxygen atoms in total. The number of carbonyl (C=O) groups is 3. The van der Waals surface area contributed by atoms with Crippen molar-refractivity contribution in [2.45, 2.75) is 80.1 Å². The Morgan fingerprint density at radius 3 is 2.46 bits per heavy atom. The van der Waals surface area contributed by atoms with Gasteiger partial charge in [0.2, 0.25) is 6.41 Å². The first-order valence-corrected chi connectivity index (χ1v) is 16.8. The van der Waals surface area contributed by atoms with Gasteiger partial charge in [-0.2, -0.15) is 0 Å². The molecule has 0 bridgehead atoms. The maximum Gasteiger partial charge on any atom is 0.326 e. The Hall–Kier alpha value is -4.42. The standard InChI is InChI=1S/C29H31N5O6.C3H9N.2C2H6/c1-4-5-6-10-33-16-30-21-8-7-9-22-26(21)28(33)19-12-34-23(27(19)31-22)11-18(20(15-39-3)29(34)38)24(14-35)40-25(37)13-32(2)17-36;1-3-4-2;2*1-2/h7-9,11,14,16-17,24H,4-6,10,12-13,15H2,1-3H3;4H,3H2,1-2H3;2*1-2H3. The number of ether oxygens (including phenoxy) is 2. The number of carbonyl (C=O) groups excluding carboxylic acids is 3. The molecule has 48 heavy (non-hydrogen) atoms. The van der Waals surface area contributed by atoms with Crippen molar-refractivity contribution in [1.29, 1.82) is 0 Å². The van der Waals surface area contributed by atoms with Crippen LogP contribution in [0.15, 0.2) is 34.1 Å². The Bertz CT molecular complexity index is 1620. The molecule has 4 heterocycles. The van der Waals surface area contributed by atoms with Gasteiger partial charge in [0.05, 0.1) is 58.7 Å². The number of unbranched alkanes of at least 4 members (excludes halogenated alkanes) is 2. The summed E-state index contributed by atoms with van der Waals surface area (Å²) in [6.07, 6.45) is 4.60. The molecule has 1 amide bonds. The van der Waals surface area contributed by atoms with Crippen LogP contribution in [0.4, 0.5) is 11.4 Å². The lowest BCUT2D eigenvalue weighted by atomic mass is 10.0. The fourth-order valence-electron chi connectivity index (χ4n) is 5.34. The lowest BCUT2D eigenvalue weighted by Crippen LogP contribution is -2.30. The van der Waals surface area contributed by atoms with E-state index in [0.29, 0.717) is 30.6 Å². The van der Waals surface area contributed by atoms with Gasteiger partial charge >= 0.3 is 5.97 Å². The largest absolute Gasteiger partial charge is 0.448 e. The Balaban J connectivity index is 0.000000917. The third-order valence-electron chi connectivity index (χ3n) is 7.57. The third kappa shape index (κ3) is 8.93. The van der Waals surface area contributed by atoms with Crippen LogP contribution in [0.5, 0.6) is 0 Å². The summed E-state index contributed by atoms with van der Waals surface area (Å²) in [6.45, 7) is 13.9. The third-order valence-corrected chi connectivity index (χ3v) is 7.57. The quantitative estimate of drug-likeness (QED) is 0.113. The van der Waals surface area contributed by atoms with Crippen molar-refractivity contribution in [3.8, 4) is 11.4 Å². The van der Waals surface area contributed by atoms with Gasteiger partial charge in [-0.1, -0.05) is 60.5 Å². The number of rotatable bonds is 13. The minimum atomic E-state index is -1.36. The summed E-state index contributed by atoms with van der Waals surface area (Å²) < 4.78 is 12.3. The summed E-state index contributed by atoms with van der Waals surface area (Å²) in [5.74, 6) is -0.779. The molecule has 0 saturated carbocycles. The molecule has 0 fully saturated rings. The number of aliphatic imine (C=N–C) groups is 1. The number of hydrogen-bond acceptors (Lipinski definition) is 10. The van der Waals surface area contributed by atoms with Crippen molar-refractivity contribution >= 4 is 47.3 Å². The lowest BCUT2D eigenvalue weighted by molar-refractivity contribution is -0.154. The van der Waals surface area contributed by atoms with E-state index in [2.05, 4.69) is 29.1 Å². The number of likely N-dealkylation sites (N-methyl/N-ethyl adjacent to an activating group) is 1. The predicted molar refractivity (Wildman–Crippen MR) is 192 cm³/mol. The van der Waals surface area contributed by atoms with Gasteiger partial charge in [-0.15, -0.1) is 0 Å². The fraction of sp³-hybridized carbons (Fsp3) is 0.500. The first-order valence-electron chi connectivity index (χ1n) is 16.8. The molecule has 2 aromatic heterocycles. The van der Waals surface area contributed by atoms with Crippen molar-refractivity contribution < 1.29 is 23.9 Å². The zero-order valence-corrected chi connectivity index (χ0v) is 30.0. The molecule has 2 aliphatic rings. The zero-order valence-electron chi connectivity index (χ0n) is 30.0. The highest BCUT2D eigenvalue weighted by Crippen LogP contribution is 2.45. The molecule has 1 aromatic carbocycles. The summed E-state index contributed by atoms with van der Waals surface area (Å²) in [4.78, 5) is 62.2. The van der Waals surface area contributed by atoms with Crippen LogP contribution in [-0.4, -0.2) is 80.3 Å². The van der Waals surface area contributed by atoms with Crippen molar-refractivity contribution in [2.24, 2.45) is 4.99 Å². The molecule has 0 spiro atoms. The number of esters is 1. The van der Waals surface area contributed by atoms with Crippen LogP contribution in [0.1, 0.15) is 83.6 Å². The van der Waals surface area contributed by atoms with Crippen LogP contribution >= 0.6 is 0 Å². The van der Waals surface area contributed by atoms with Crippen LogP contribution in [-0.2, 0) is 37.0 Å². The average molecular weight is 665 g/mol. The first-order chi connectivity index (χ1) is 23.3. The van der Waals surface area contributed by atoms with Crippen molar-refractivity contribution in [3.63, 3.8) is 0 Å². The van der Waals surface area contributed by atoms with Gasteiger partial charge in [0.1, 0.15) is 6.54 Å². The molecule has 5 rings (SSSR count). The highest BCUT2D eigenvalue weighted by Gasteiger charge is 2.33. The predicted octanol–water partition coefficient (Wildman–Crippen LogP) is 5.39. The summed E-state index contributed by atoms with van der Waals surface area (Å²) in [6, 6.07) is 7.46. The fourth-order valence-corrected chi connectivity index (χ4v) is 5.34. The molecule has 0 saturated heterocycles. The van der Waals surface area contributed by atoms with E-state index in [1.165, 1.54) is 14.2 Å². The second-order valence-corrected chi connectivity index (χ2v) is 10.7. The zero-order chi connectivity index (χ0) is 35.8. The number of amides is 1. The molecule has 3 aromatic rings. The molecule has 2 aliphatic heterocycles. The Kier molecular flexibility index (Phi) is 16.6. The second kappa shape index (κ2) is 20.1. The van der Waals surface area contributed by atoms with Gasteiger partial charge in [0.15, 0.2) is 12.4 Å². The maximum absolute atomic E-state index is 13.8. The van der Waals surface area contributed by atoms with Gasteiger partial charge in [-0.25, -0.2) is 9.98 Å². The average Bonchev–Trinajstić information content (AvgIpc) is 3.49. The topological polar surface area (TPSA) is 135 Å². The van der Waals surface area contributed by atoms with E-state index in [0.717, 1.165) is 65.1 Å². The van der Waals surface area contributed by atoms with Crippen LogP contribution in [0.2, 0.25) is 0 Å². The van der Waals surface area contributed by atoms with Crippen molar-refractivity contribution in [3.05, 3.63) is 51.3 Å². The minimum Gasteiger partial charge on any atom is -0.448 e. The maximum atomic E-state index is 13.8. The van der Waals surface area contributed by atoms with Gasteiger partial charge < -0.3 is 29.2 Å². The number of nitrogens with one attached hydrogen (secondary N) is 1. The van der Waals surface area contributed by atoms with Crippen LogP contribution < -0.4 is 15.8 Å². The summed E-state index contributed by atoms with van der Waals surface area (Å²) in [7, 11) is 4.80. The van der Waals surface area contributed by atoms with E-state index in [1.54, 1.807) is 10.6 Å². The monoisotopic (exact) mass is 664 g/mol. The second-order valence-electron chi connectivity index (χ2n) is 10.7. The molecular formula is C36H52N6O6. The van der Waals surface area contributed by atoms with E-state index in [-0.39, 0.29) is 29.8 Å². The number of aldehydes is 1. The normalized spacial score (nSPS) is 12.2. The molecule has 1 N–H and O–H groups in total. The number of anilines is 1. The summed E-state index contributed by atoms with van der Waals surface area (Å²) >= 11 is 0. The smallest absolute Gasteiger partial charge is 0.326 e. The van der Waals surface area contributed by atoms with Gasteiger partial charge in [0, 0.05) is 31.8 Å². The van der Waals surface area contributed by atoms with E-state index in [1.807, 2.05) is 59.3 Å². The Labute approximate surface area is 284 Å². The van der Waals surface area contributed by atoms with E-state index >= 15 is 0 Å². The number of fused-ring (bicyclic) bond motifs is 4. The minimum absolute atomic E-state index is 0.0802. The lowest BCUT2D eigenvalue weighted by Gasteiger charge is -2.27. The van der Waals surface area contributed by atoms with Gasteiger partial charge in [-0.05, 0) is 38.2 Å². The van der Waals surface area contributed by atoms with E-state index < -0.39 is 12.1 Å². The molecular weight excluding hydrogens is 612 g/mol. The van der Waals surface area contributed by atoms with Gasteiger partial charge in [0.25, 0.3) is 5.56 Å².